The quantitative estimate of drug-likeness (QED) is 0.0241. The molecule has 0 unspecified atom stereocenters. The topological polar surface area (TPSA) is 319 Å². The fourth-order valence-corrected chi connectivity index (χ4v) is 21.7. The number of hydrogen-bond donors (Lipinski definition) is 10. The van der Waals surface area contributed by atoms with Gasteiger partial charge in [0.1, 0.15) is 24.2 Å². The van der Waals surface area contributed by atoms with E-state index >= 15 is 4.11 Å². The number of amides is 10. The van der Waals surface area contributed by atoms with Gasteiger partial charge in [-0.2, -0.15) is 0 Å². The number of carbonyl (C=O) groups is 10. The maximum atomic E-state index is 16.6. The summed E-state index contributed by atoms with van der Waals surface area (Å²) in [5, 5.41) is 22.7. The first-order valence-electron chi connectivity index (χ1n) is 31.9. The molecule has 0 fully saturated rings. The Hall–Kier alpha value is -8.06. The molecule has 0 aliphatic heterocycles. The highest BCUT2D eigenvalue weighted by Crippen LogP contribution is 2.51. The third-order valence-electron chi connectivity index (χ3n) is 15.8. The largest absolute Gasteiger partial charge is 0.368 e. The summed E-state index contributed by atoms with van der Waals surface area (Å²) in [5.41, 5.74) is 13.5. The highest BCUT2D eigenvalue weighted by atomic mass is 28.4. The van der Waals surface area contributed by atoms with E-state index in [0.29, 0.717) is 10.8 Å². The van der Waals surface area contributed by atoms with Crippen LogP contribution >= 0.6 is 0 Å². The molecular formula is C70H105FN10O10Si2. The lowest BCUT2D eigenvalue weighted by Crippen LogP contribution is -2.57. The average Bonchev–Trinajstić information content (AvgIpc) is 0.754. The lowest BCUT2D eigenvalue weighted by Gasteiger charge is -2.44. The number of nitrogens with two attached hydrogens (primary N) is 2. The molecular weight excluding hydrogens is 1220 g/mol. The van der Waals surface area contributed by atoms with E-state index in [1.54, 1.807) is 38.1 Å². The molecule has 0 radical (unpaired) electrons. The number of halogens is 1. The lowest BCUT2D eigenvalue weighted by molar-refractivity contribution is -0.131. The predicted molar refractivity (Wildman–Crippen MR) is 370 cm³/mol. The Labute approximate surface area is 553 Å². The first-order chi connectivity index (χ1) is 43.1. The molecule has 23 heteroatoms. The number of hydrogen-bond acceptors (Lipinski definition) is 10. The Kier molecular flexibility index (Phi) is 30.5. The van der Waals surface area contributed by atoms with Crippen LogP contribution in [0, 0.1) is 11.8 Å². The van der Waals surface area contributed by atoms with Crippen molar-refractivity contribution in [2.45, 2.75) is 194 Å². The molecule has 0 aliphatic carbocycles. The molecule has 4 rings (SSSR count). The van der Waals surface area contributed by atoms with Crippen LogP contribution < -0.4 is 64.4 Å². The second-order valence-corrected chi connectivity index (χ2v) is 38.7. The van der Waals surface area contributed by atoms with Crippen LogP contribution in [0.25, 0.3) is 0 Å². The van der Waals surface area contributed by atoms with E-state index in [1.807, 2.05) is 128 Å². The van der Waals surface area contributed by atoms with Gasteiger partial charge in [0.15, 0.2) is 0 Å². The van der Waals surface area contributed by atoms with E-state index in [4.69, 9.17) is 11.5 Å². The number of benzene rings is 4. The van der Waals surface area contributed by atoms with Crippen LogP contribution in [0.5, 0.6) is 0 Å². The summed E-state index contributed by atoms with van der Waals surface area (Å²) in [5.74, 6) is -5.31. The molecule has 510 valence electrons. The summed E-state index contributed by atoms with van der Waals surface area (Å²) in [6.07, 6.45) is 0.371. The van der Waals surface area contributed by atoms with E-state index in [1.165, 1.54) is 5.19 Å². The Bertz CT molecular complexity index is 3110. The third-order valence-corrected chi connectivity index (χ3v) is 25.5. The normalized spacial score (nSPS) is 13.2. The van der Waals surface area contributed by atoms with Crippen molar-refractivity contribution in [3.8, 4) is 0 Å². The van der Waals surface area contributed by atoms with Crippen LogP contribution in [0.4, 0.5) is 4.11 Å². The monoisotopic (exact) mass is 1320 g/mol. The van der Waals surface area contributed by atoms with Crippen LogP contribution in [0.3, 0.4) is 0 Å². The van der Waals surface area contributed by atoms with Gasteiger partial charge >= 0.3 is 0 Å². The van der Waals surface area contributed by atoms with Gasteiger partial charge < -0.3 is 58.1 Å². The summed E-state index contributed by atoms with van der Waals surface area (Å²) < 4.78 is 16.6. The van der Waals surface area contributed by atoms with E-state index in [0.717, 1.165) is 16.7 Å². The van der Waals surface area contributed by atoms with Gasteiger partial charge in [0.25, 0.3) is 8.41 Å². The molecule has 4 atom stereocenters. The van der Waals surface area contributed by atoms with Gasteiger partial charge in [-0.3, -0.25) is 47.9 Å². The Morgan fingerprint density at radius 1 is 0.430 bits per heavy atom. The van der Waals surface area contributed by atoms with Crippen molar-refractivity contribution in [3.63, 3.8) is 0 Å². The molecule has 0 heterocycles. The van der Waals surface area contributed by atoms with Gasteiger partial charge in [0, 0.05) is 38.8 Å². The molecule has 4 aromatic rings. The molecule has 0 saturated heterocycles. The SMILES string of the molecule is CC(C)[C@H](NC(=O)Cc1ccc([SiH](C(C)(C)C)C(C)(C)C)cc1)C(=O)NCCC(=O)N[C@@H](Cc1ccccc1)C(=O)NCC(N)=O.CC(C)[C@H](NC(=O)Cc1ccc([Si](F)(C(C)(C)C)C(C)(C)C)cc1)C(=O)NCCC(=O)N[C@@H](Cc1ccccc1)C(=O)NCC(N)=O. The minimum atomic E-state index is -3.43. The summed E-state index contributed by atoms with van der Waals surface area (Å²) in [4.78, 5) is 125. The average molecular weight is 1320 g/mol. The van der Waals surface area contributed by atoms with Gasteiger partial charge in [0.2, 0.25) is 59.1 Å². The van der Waals surface area contributed by atoms with Gasteiger partial charge in [-0.15, -0.1) is 0 Å². The Morgan fingerprint density at radius 3 is 1.06 bits per heavy atom. The molecule has 0 saturated carbocycles. The van der Waals surface area contributed by atoms with Crippen LogP contribution in [0.15, 0.2) is 109 Å². The molecule has 0 spiro atoms. The highest BCUT2D eigenvalue weighted by Gasteiger charge is 2.56. The second-order valence-electron chi connectivity index (χ2n) is 28.8. The number of carbonyl (C=O) groups excluding carboxylic acids is 10. The first kappa shape index (κ1) is 79.2. The zero-order valence-electron chi connectivity index (χ0n) is 57.6. The van der Waals surface area contributed by atoms with E-state index in [-0.39, 0.29) is 98.4 Å². The zero-order chi connectivity index (χ0) is 70.2. The van der Waals surface area contributed by atoms with E-state index in [2.05, 4.69) is 96.2 Å². The van der Waals surface area contributed by atoms with Crippen LogP contribution in [0.2, 0.25) is 20.2 Å². The molecule has 4 aromatic carbocycles. The van der Waals surface area contributed by atoms with Crippen molar-refractivity contribution < 1.29 is 52.1 Å². The van der Waals surface area contributed by atoms with Crippen molar-refractivity contribution in [2.24, 2.45) is 23.3 Å². The fraction of sp³-hybridized carbons (Fsp3) is 0.514. The highest BCUT2D eigenvalue weighted by molar-refractivity contribution is 6.90. The smallest absolute Gasteiger partial charge is 0.288 e. The standard InChI is InChI=1S/C35H52FN5O5Si.C35H53N5O5Si/c1-23(2)31(41-30(44)21-25-14-16-26(17-15-25)47(36,34(3,4)5)35(6,7)8)33(46)38-19-18-29(43)40-27(32(45)39-22-28(37)42)20-24-12-10-9-11-13-24;1-23(2)31(40-30(43)21-25-14-16-26(17-15-25)46(34(3,4)5)35(6,7)8)33(45)37-19-18-29(42)39-27(32(44)38-22-28(36)41)20-24-12-10-9-11-13-24/h9-17,23,27,31H,18-22H2,1-8H3,(H2,37,42)(H,38,46)(H,39,45)(H,40,43)(H,41,44);9-17,23,27,31,46H,18-22H2,1-8H3,(H2,36,41)(H,37,45)(H,38,44)(H,39,42)(H,40,43)/t2*27-,31-/m00/s1. The van der Waals surface area contributed by atoms with Gasteiger partial charge in [-0.05, 0) is 59.4 Å². The minimum Gasteiger partial charge on any atom is -0.368 e. The van der Waals surface area contributed by atoms with Crippen LogP contribution in [-0.2, 0) is 73.6 Å². The Balaban J connectivity index is 0.000000485. The lowest BCUT2D eigenvalue weighted by atomic mass is 10.0. The zero-order valence-corrected chi connectivity index (χ0v) is 59.8. The fourth-order valence-electron chi connectivity index (χ4n) is 11.9. The van der Waals surface area contributed by atoms with Gasteiger partial charge in [-0.1, -0.05) is 225 Å². The predicted octanol–water partition coefficient (Wildman–Crippen LogP) is 5.17. The summed E-state index contributed by atoms with van der Waals surface area (Å²) >= 11 is 0. The molecule has 0 aromatic heterocycles. The molecule has 20 nitrogen and oxygen atoms in total. The molecule has 93 heavy (non-hydrogen) atoms. The van der Waals surface area contributed by atoms with E-state index < -0.39 is 98.7 Å². The summed E-state index contributed by atoms with van der Waals surface area (Å²) in [7, 11) is -4.78. The van der Waals surface area contributed by atoms with Crippen molar-refractivity contribution in [3.05, 3.63) is 131 Å². The second kappa shape index (κ2) is 35.8. The van der Waals surface area contributed by atoms with Gasteiger partial charge in [0.05, 0.1) is 34.7 Å². The number of nitrogens with one attached hydrogen (secondary N) is 8. The van der Waals surface area contributed by atoms with Gasteiger partial charge in [-0.25, -0.2) is 0 Å². The summed E-state index contributed by atoms with van der Waals surface area (Å²) in [6, 6.07) is 30.1. The minimum absolute atomic E-state index is 0.0127. The maximum absolute atomic E-state index is 16.6. The maximum Gasteiger partial charge on any atom is 0.288 e. The first-order valence-corrected chi connectivity index (χ1v) is 35.5. The summed E-state index contributed by atoms with van der Waals surface area (Å²) in [6.45, 7) is 32.0. The molecule has 0 bridgehead atoms. The van der Waals surface area contributed by atoms with Crippen molar-refractivity contribution in [1.82, 2.24) is 42.5 Å². The molecule has 10 amide bonds. The van der Waals surface area contributed by atoms with Crippen molar-refractivity contribution >= 4 is 86.6 Å². The van der Waals surface area contributed by atoms with Crippen LogP contribution in [-0.4, -0.2) is 127 Å². The van der Waals surface area contributed by atoms with Crippen molar-refractivity contribution in [2.75, 3.05) is 26.2 Å². The molecule has 0 aliphatic rings. The van der Waals surface area contributed by atoms with Crippen LogP contribution in [0.1, 0.15) is 146 Å². The number of rotatable bonds is 30. The Morgan fingerprint density at radius 2 is 0.763 bits per heavy atom. The molecule has 12 N–H and O–H groups in total. The number of primary amides is 2. The van der Waals surface area contributed by atoms with Crippen molar-refractivity contribution in [1.29, 1.82) is 0 Å². The third kappa shape index (κ3) is 26.5. The van der Waals surface area contributed by atoms with E-state index in [9.17, 15) is 47.9 Å².